The van der Waals surface area contributed by atoms with Gasteiger partial charge in [0.15, 0.2) is 11.5 Å². The van der Waals surface area contributed by atoms with Gasteiger partial charge in [-0.05, 0) is 36.8 Å². The number of carboxylic acid groups (broad SMARTS) is 1. The average Bonchev–Trinajstić information content (AvgIpc) is 2.84. The first-order valence-electron chi connectivity index (χ1n) is 5.91. The van der Waals surface area contributed by atoms with Crippen LogP contribution in [0.5, 0.6) is 0 Å². The van der Waals surface area contributed by atoms with Crippen molar-refractivity contribution < 1.29 is 9.90 Å². The van der Waals surface area contributed by atoms with Gasteiger partial charge in [-0.1, -0.05) is 22.0 Å². The predicted molar refractivity (Wildman–Crippen MR) is 77.8 cm³/mol. The summed E-state index contributed by atoms with van der Waals surface area (Å²) in [6.45, 7) is 1.99. The molecule has 0 saturated carbocycles. The van der Waals surface area contributed by atoms with Gasteiger partial charge in [0, 0.05) is 16.2 Å². The maximum absolute atomic E-state index is 11.1. The first-order chi connectivity index (χ1) is 9.56. The van der Waals surface area contributed by atoms with Gasteiger partial charge in [-0.2, -0.15) is 0 Å². The summed E-state index contributed by atoms with van der Waals surface area (Å²) in [6.07, 6.45) is 1.53. The van der Waals surface area contributed by atoms with Crippen molar-refractivity contribution in [1.82, 2.24) is 14.6 Å². The van der Waals surface area contributed by atoms with Crippen molar-refractivity contribution >= 4 is 27.5 Å². The lowest BCUT2D eigenvalue weighted by atomic mass is 10.1. The molecule has 1 N–H and O–H groups in total. The molecule has 0 amide bonds. The largest absolute Gasteiger partial charge is 0.478 e. The Morgan fingerprint density at radius 3 is 2.75 bits per heavy atom. The van der Waals surface area contributed by atoms with Crippen LogP contribution in [0.3, 0.4) is 0 Å². The number of halogens is 1. The molecule has 6 heteroatoms. The van der Waals surface area contributed by atoms with Crippen LogP contribution in [0.4, 0.5) is 0 Å². The summed E-state index contributed by atoms with van der Waals surface area (Å²) in [5, 5.41) is 17.3. The Morgan fingerprint density at radius 2 is 2.05 bits per heavy atom. The maximum atomic E-state index is 11.1. The van der Waals surface area contributed by atoms with Gasteiger partial charge in [0.2, 0.25) is 0 Å². The molecule has 0 unspecified atom stereocenters. The van der Waals surface area contributed by atoms with Gasteiger partial charge in [0.05, 0.1) is 5.56 Å². The van der Waals surface area contributed by atoms with E-state index >= 15 is 0 Å². The average molecular weight is 332 g/mol. The van der Waals surface area contributed by atoms with Gasteiger partial charge in [0.25, 0.3) is 0 Å². The van der Waals surface area contributed by atoms with E-state index in [0.717, 1.165) is 15.6 Å². The van der Waals surface area contributed by atoms with Crippen molar-refractivity contribution in [2.75, 3.05) is 0 Å². The van der Waals surface area contributed by atoms with E-state index in [1.807, 2.05) is 25.1 Å². The molecule has 5 nitrogen and oxygen atoms in total. The lowest BCUT2D eigenvalue weighted by Crippen LogP contribution is -1.99. The van der Waals surface area contributed by atoms with Crippen LogP contribution >= 0.6 is 15.9 Å². The number of benzene rings is 1. The normalized spacial score (nSPS) is 10.9. The van der Waals surface area contributed by atoms with E-state index in [2.05, 4.69) is 26.1 Å². The number of rotatable bonds is 2. The highest BCUT2D eigenvalue weighted by Gasteiger charge is 2.11. The molecule has 100 valence electrons. The molecule has 0 atom stereocenters. The van der Waals surface area contributed by atoms with E-state index < -0.39 is 5.97 Å². The third-order valence-corrected chi connectivity index (χ3v) is 3.96. The molecule has 0 fully saturated rings. The molecule has 2 aromatic heterocycles. The third kappa shape index (κ3) is 2.08. The first kappa shape index (κ1) is 12.8. The number of hydrogen-bond acceptors (Lipinski definition) is 3. The van der Waals surface area contributed by atoms with Gasteiger partial charge in [-0.15, -0.1) is 10.2 Å². The summed E-state index contributed by atoms with van der Waals surface area (Å²) in [5.41, 5.74) is 2.78. The monoisotopic (exact) mass is 331 g/mol. The summed E-state index contributed by atoms with van der Waals surface area (Å²) in [6, 6.07) is 9.00. The Balaban J connectivity index is 2.22. The minimum absolute atomic E-state index is 0.201. The summed E-state index contributed by atoms with van der Waals surface area (Å²) in [7, 11) is 0. The maximum Gasteiger partial charge on any atom is 0.337 e. The Kier molecular flexibility index (Phi) is 3.02. The molecule has 0 aliphatic rings. The molecule has 20 heavy (non-hydrogen) atoms. The van der Waals surface area contributed by atoms with Crippen LogP contribution in [-0.2, 0) is 0 Å². The molecule has 0 aliphatic carbocycles. The zero-order chi connectivity index (χ0) is 14.3. The minimum atomic E-state index is -0.974. The van der Waals surface area contributed by atoms with Crippen LogP contribution in [0.25, 0.3) is 17.0 Å². The van der Waals surface area contributed by atoms with Gasteiger partial charge in [0.1, 0.15) is 0 Å². The van der Waals surface area contributed by atoms with E-state index in [1.165, 1.54) is 12.3 Å². The molecule has 0 aliphatic heterocycles. The number of aryl methyl sites for hydroxylation is 1. The molecule has 0 saturated heterocycles. The van der Waals surface area contributed by atoms with Crippen molar-refractivity contribution in [2.45, 2.75) is 6.92 Å². The second-order valence-electron chi connectivity index (χ2n) is 4.44. The summed E-state index contributed by atoms with van der Waals surface area (Å²) >= 11 is 3.45. The van der Waals surface area contributed by atoms with Gasteiger partial charge < -0.3 is 5.11 Å². The molecule has 3 aromatic rings. The van der Waals surface area contributed by atoms with Crippen LogP contribution < -0.4 is 0 Å². The van der Waals surface area contributed by atoms with Crippen molar-refractivity contribution in [2.24, 2.45) is 0 Å². The lowest BCUT2D eigenvalue weighted by Gasteiger charge is -2.04. The molecular weight excluding hydrogens is 322 g/mol. The van der Waals surface area contributed by atoms with Crippen molar-refractivity contribution in [1.29, 1.82) is 0 Å². The van der Waals surface area contributed by atoms with E-state index in [-0.39, 0.29) is 5.56 Å². The zero-order valence-corrected chi connectivity index (χ0v) is 12.1. The number of carboxylic acids is 1. The number of nitrogens with zero attached hydrogens (tertiary/aromatic N) is 3. The van der Waals surface area contributed by atoms with Crippen molar-refractivity contribution in [3.63, 3.8) is 0 Å². The number of aromatic carboxylic acids is 1. The van der Waals surface area contributed by atoms with Crippen LogP contribution in [0, 0.1) is 6.92 Å². The quantitative estimate of drug-likeness (QED) is 0.783. The highest BCUT2D eigenvalue weighted by Crippen LogP contribution is 2.24. The highest BCUT2D eigenvalue weighted by molar-refractivity contribution is 9.10. The van der Waals surface area contributed by atoms with Gasteiger partial charge in [-0.25, -0.2) is 4.79 Å². The topological polar surface area (TPSA) is 67.5 Å². The molecule has 0 radical (unpaired) electrons. The minimum Gasteiger partial charge on any atom is -0.478 e. The first-order valence-corrected chi connectivity index (χ1v) is 6.70. The van der Waals surface area contributed by atoms with Crippen LogP contribution in [0.1, 0.15) is 15.9 Å². The standard InChI is InChI=1S/C14H10BrN3O2/c1-8-6-9(2-4-11(8)15)13-17-16-12-5-3-10(14(19)20)7-18(12)13/h2-7H,1H3,(H,19,20). The molecule has 3 rings (SSSR count). The Bertz CT molecular complexity index is 826. The number of pyridine rings is 1. The summed E-state index contributed by atoms with van der Waals surface area (Å²) < 4.78 is 2.70. The van der Waals surface area contributed by atoms with Crippen LogP contribution in [0.2, 0.25) is 0 Å². The van der Waals surface area contributed by atoms with E-state index in [0.29, 0.717) is 11.5 Å². The molecule has 0 bridgehead atoms. The van der Waals surface area contributed by atoms with Gasteiger partial charge >= 0.3 is 5.97 Å². The molecule has 2 heterocycles. The number of hydrogen-bond donors (Lipinski definition) is 1. The SMILES string of the molecule is Cc1cc(-c2nnc3ccc(C(=O)O)cn23)ccc1Br. The number of carbonyl (C=O) groups is 1. The highest BCUT2D eigenvalue weighted by atomic mass is 79.9. The van der Waals surface area contributed by atoms with Gasteiger partial charge in [-0.3, -0.25) is 4.40 Å². The Labute approximate surface area is 123 Å². The predicted octanol–water partition coefficient (Wildman–Crippen LogP) is 3.17. The van der Waals surface area contributed by atoms with Crippen molar-refractivity contribution in [3.8, 4) is 11.4 Å². The molecular formula is C14H10BrN3O2. The molecule has 0 spiro atoms. The Hall–Kier alpha value is -2.21. The third-order valence-electron chi connectivity index (χ3n) is 3.07. The zero-order valence-electron chi connectivity index (χ0n) is 10.5. The number of aromatic nitrogens is 3. The summed E-state index contributed by atoms with van der Waals surface area (Å²) in [4.78, 5) is 11.1. The summed E-state index contributed by atoms with van der Waals surface area (Å²) in [5.74, 6) is -0.350. The second-order valence-corrected chi connectivity index (χ2v) is 5.29. The second kappa shape index (κ2) is 4.72. The van der Waals surface area contributed by atoms with E-state index in [1.54, 1.807) is 10.5 Å². The van der Waals surface area contributed by atoms with Crippen molar-refractivity contribution in [3.05, 3.63) is 52.1 Å². The lowest BCUT2D eigenvalue weighted by molar-refractivity contribution is 0.0696. The fraction of sp³-hybridized carbons (Fsp3) is 0.0714. The fourth-order valence-electron chi connectivity index (χ4n) is 2.00. The van der Waals surface area contributed by atoms with Crippen LogP contribution in [-0.4, -0.2) is 25.7 Å². The van der Waals surface area contributed by atoms with E-state index in [9.17, 15) is 4.79 Å². The molecule has 1 aromatic carbocycles. The van der Waals surface area contributed by atoms with E-state index in [4.69, 9.17) is 5.11 Å². The smallest absolute Gasteiger partial charge is 0.337 e. The Morgan fingerprint density at radius 1 is 1.25 bits per heavy atom. The fourth-order valence-corrected chi connectivity index (χ4v) is 2.24. The van der Waals surface area contributed by atoms with Crippen LogP contribution in [0.15, 0.2) is 41.0 Å². The number of fused-ring (bicyclic) bond motifs is 1.